The van der Waals surface area contributed by atoms with E-state index in [4.69, 9.17) is 4.74 Å². The molecule has 1 fully saturated rings. The topological polar surface area (TPSA) is 58.9 Å². The Labute approximate surface area is 140 Å². The molecule has 0 bridgehead atoms. The van der Waals surface area contributed by atoms with E-state index in [1.807, 2.05) is 30.8 Å². The van der Waals surface area contributed by atoms with Crippen LogP contribution < -0.4 is 26.4 Å². The van der Waals surface area contributed by atoms with Crippen LogP contribution in [0.5, 0.6) is 0 Å². The zero-order valence-corrected chi connectivity index (χ0v) is 14.3. The van der Waals surface area contributed by atoms with Crippen LogP contribution in [0.15, 0.2) is 40.8 Å². The maximum atomic E-state index is 5.36. The van der Waals surface area contributed by atoms with Crippen molar-refractivity contribution in [2.45, 2.75) is 0 Å². The van der Waals surface area contributed by atoms with E-state index in [9.17, 15) is 0 Å². The largest absolute Gasteiger partial charge is 1.00 e. The summed E-state index contributed by atoms with van der Waals surface area (Å²) in [5, 5.41) is 12.6. The molecular formula is C14H19BrN6O. The highest BCUT2D eigenvalue weighted by atomic mass is 79.9. The van der Waals surface area contributed by atoms with Gasteiger partial charge in [0.1, 0.15) is 0 Å². The molecule has 0 radical (unpaired) electrons. The summed E-state index contributed by atoms with van der Waals surface area (Å²) in [7, 11) is 3.73. The van der Waals surface area contributed by atoms with Crippen molar-refractivity contribution in [3.63, 3.8) is 0 Å². The van der Waals surface area contributed by atoms with Gasteiger partial charge in [-0.25, -0.2) is 4.57 Å². The number of nitrogens with zero attached hydrogens (tertiary/aromatic N) is 6. The normalized spacial score (nSPS) is 15.1. The summed E-state index contributed by atoms with van der Waals surface area (Å²) in [6.07, 6.45) is 1.70. The van der Waals surface area contributed by atoms with Gasteiger partial charge >= 0.3 is 5.95 Å². The fraction of sp³-hybridized carbons (Fsp3) is 0.429. The Morgan fingerprint density at radius 2 is 1.82 bits per heavy atom. The lowest BCUT2D eigenvalue weighted by Crippen LogP contribution is -3.00. The Morgan fingerprint density at radius 1 is 1.14 bits per heavy atom. The fourth-order valence-electron chi connectivity index (χ4n) is 2.28. The van der Waals surface area contributed by atoms with Gasteiger partial charge in [0.2, 0.25) is 6.33 Å². The van der Waals surface area contributed by atoms with E-state index >= 15 is 0 Å². The number of benzene rings is 1. The first-order valence-electron chi connectivity index (χ1n) is 6.96. The number of aromatic nitrogens is 3. The van der Waals surface area contributed by atoms with Crippen LogP contribution in [0.4, 0.5) is 17.3 Å². The minimum absolute atomic E-state index is 0. The highest BCUT2D eigenvalue weighted by molar-refractivity contribution is 5.52. The Hall–Kier alpha value is -1.80. The standard InChI is InChI=1S/C14H19N6O.BrH/c1-18-11-15-19(2)14(18)17-16-12-3-5-13(6-4-12)20-7-9-21-10-8-20;/h3-6,11H,7-10H2,1-2H3;1H/q+1;/p-1. The van der Waals surface area contributed by atoms with Crippen molar-refractivity contribution in [1.82, 2.24) is 9.78 Å². The predicted octanol–water partition coefficient (Wildman–Crippen LogP) is -1.50. The molecule has 118 valence electrons. The second-order valence-electron chi connectivity index (χ2n) is 4.98. The minimum Gasteiger partial charge on any atom is -1.00 e. The molecule has 0 amide bonds. The van der Waals surface area contributed by atoms with Crippen molar-refractivity contribution in [1.29, 1.82) is 0 Å². The van der Waals surface area contributed by atoms with Gasteiger partial charge in [-0.3, -0.25) is 0 Å². The second-order valence-corrected chi connectivity index (χ2v) is 4.98. The highest BCUT2D eigenvalue weighted by Crippen LogP contribution is 2.21. The third-order valence-electron chi connectivity index (χ3n) is 3.48. The number of aryl methyl sites for hydroxylation is 2. The molecule has 2 heterocycles. The fourth-order valence-corrected chi connectivity index (χ4v) is 2.28. The van der Waals surface area contributed by atoms with E-state index in [1.165, 1.54) is 5.69 Å². The maximum Gasteiger partial charge on any atom is 0.403 e. The van der Waals surface area contributed by atoms with Crippen LogP contribution in [0.2, 0.25) is 0 Å². The van der Waals surface area contributed by atoms with Crippen molar-refractivity contribution >= 4 is 17.3 Å². The van der Waals surface area contributed by atoms with E-state index < -0.39 is 0 Å². The Morgan fingerprint density at radius 3 is 2.41 bits per heavy atom. The molecular weight excluding hydrogens is 348 g/mol. The molecule has 1 aromatic carbocycles. The van der Waals surface area contributed by atoms with E-state index in [-0.39, 0.29) is 17.0 Å². The summed E-state index contributed by atoms with van der Waals surface area (Å²) in [6.45, 7) is 3.45. The van der Waals surface area contributed by atoms with Crippen molar-refractivity contribution < 1.29 is 26.3 Å². The van der Waals surface area contributed by atoms with Crippen LogP contribution in [-0.2, 0) is 18.8 Å². The third kappa shape index (κ3) is 3.69. The van der Waals surface area contributed by atoms with Gasteiger partial charge in [0.15, 0.2) is 0 Å². The Balaban J connectivity index is 0.00000176. The molecule has 22 heavy (non-hydrogen) atoms. The number of ether oxygens (including phenoxy) is 1. The minimum atomic E-state index is 0. The molecule has 1 aliphatic rings. The SMILES string of the molecule is Cn1nc[n+](C)c1N=Nc1ccc(N2CCOCC2)cc1.[Br-]. The lowest BCUT2D eigenvalue weighted by molar-refractivity contribution is -0.659. The molecule has 1 saturated heterocycles. The summed E-state index contributed by atoms with van der Waals surface area (Å²) in [4.78, 5) is 2.31. The molecule has 8 heteroatoms. The molecule has 3 rings (SSSR count). The molecule has 0 saturated carbocycles. The van der Waals surface area contributed by atoms with E-state index in [1.54, 1.807) is 11.0 Å². The number of halogens is 1. The molecule has 0 aliphatic carbocycles. The average molecular weight is 367 g/mol. The first-order valence-corrected chi connectivity index (χ1v) is 6.96. The number of anilines is 1. The lowest BCUT2D eigenvalue weighted by atomic mass is 10.2. The van der Waals surface area contributed by atoms with Crippen LogP contribution in [0.25, 0.3) is 0 Å². The zero-order chi connectivity index (χ0) is 14.7. The van der Waals surface area contributed by atoms with Gasteiger partial charge in [-0.15, -0.1) is 4.68 Å². The lowest BCUT2D eigenvalue weighted by Gasteiger charge is -2.28. The van der Waals surface area contributed by atoms with Gasteiger partial charge in [-0.2, -0.15) is 0 Å². The second kappa shape index (κ2) is 7.46. The number of hydrogen-bond donors (Lipinski definition) is 0. The Kier molecular flexibility index (Phi) is 5.62. The van der Waals surface area contributed by atoms with E-state index in [0.29, 0.717) is 5.95 Å². The number of morpholine rings is 1. The molecule has 0 unspecified atom stereocenters. The van der Waals surface area contributed by atoms with Gasteiger partial charge < -0.3 is 26.6 Å². The van der Waals surface area contributed by atoms with Crippen LogP contribution in [0.1, 0.15) is 0 Å². The zero-order valence-electron chi connectivity index (χ0n) is 12.7. The van der Waals surface area contributed by atoms with Crippen LogP contribution >= 0.6 is 0 Å². The summed E-state index contributed by atoms with van der Waals surface area (Å²) < 4.78 is 8.87. The van der Waals surface area contributed by atoms with Crippen molar-refractivity contribution in [2.24, 2.45) is 24.3 Å². The smallest absolute Gasteiger partial charge is 0.403 e. The number of azo groups is 1. The van der Waals surface area contributed by atoms with Crippen molar-refractivity contribution in [3.05, 3.63) is 30.6 Å². The summed E-state index contributed by atoms with van der Waals surface area (Å²) in [6, 6.07) is 8.10. The molecule has 0 N–H and O–H groups in total. The number of rotatable bonds is 3. The van der Waals surface area contributed by atoms with E-state index in [0.717, 1.165) is 32.0 Å². The van der Waals surface area contributed by atoms with Gasteiger partial charge in [-0.05, 0) is 29.4 Å². The first kappa shape index (κ1) is 16.6. The molecule has 7 nitrogen and oxygen atoms in total. The van der Waals surface area contributed by atoms with Gasteiger partial charge in [0, 0.05) is 23.9 Å². The monoisotopic (exact) mass is 366 g/mol. The Bertz CT molecular complexity index is 614. The van der Waals surface area contributed by atoms with Crippen molar-refractivity contribution in [3.8, 4) is 0 Å². The number of hydrogen-bond acceptors (Lipinski definition) is 5. The molecule has 1 aromatic heterocycles. The molecule has 2 aromatic rings. The average Bonchev–Trinajstić information content (AvgIpc) is 2.85. The molecule has 1 aliphatic heterocycles. The van der Waals surface area contributed by atoms with E-state index in [2.05, 4.69) is 32.4 Å². The quantitative estimate of drug-likeness (QED) is 0.490. The van der Waals surface area contributed by atoms with Crippen LogP contribution in [0, 0.1) is 0 Å². The van der Waals surface area contributed by atoms with Gasteiger partial charge in [-0.1, -0.05) is 5.11 Å². The third-order valence-corrected chi connectivity index (χ3v) is 3.48. The van der Waals surface area contributed by atoms with Crippen molar-refractivity contribution in [2.75, 3.05) is 31.2 Å². The molecule has 0 atom stereocenters. The summed E-state index contributed by atoms with van der Waals surface area (Å²) in [5.74, 6) is 0.701. The van der Waals surface area contributed by atoms with Crippen LogP contribution in [-0.4, -0.2) is 36.1 Å². The van der Waals surface area contributed by atoms with Crippen LogP contribution in [0.3, 0.4) is 0 Å². The molecule has 0 spiro atoms. The maximum absolute atomic E-state index is 5.36. The van der Waals surface area contributed by atoms with Gasteiger partial charge in [0.05, 0.1) is 33.0 Å². The predicted molar refractivity (Wildman–Crippen MR) is 78.0 cm³/mol. The van der Waals surface area contributed by atoms with Gasteiger partial charge in [0.25, 0.3) is 0 Å². The summed E-state index contributed by atoms with van der Waals surface area (Å²) in [5.41, 5.74) is 2.02. The highest BCUT2D eigenvalue weighted by Gasteiger charge is 2.12. The summed E-state index contributed by atoms with van der Waals surface area (Å²) >= 11 is 0. The first-order chi connectivity index (χ1) is 10.2.